The molecule has 1 aromatic carbocycles. The Labute approximate surface area is 142 Å². The predicted molar refractivity (Wildman–Crippen MR) is 87.9 cm³/mol. The summed E-state index contributed by atoms with van der Waals surface area (Å²) in [6.45, 7) is 0. The smallest absolute Gasteiger partial charge is 0.336 e. The average Bonchev–Trinajstić information content (AvgIpc) is 2.75. The first-order chi connectivity index (χ1) is 10.8. The van der Waals surface area contributed by atoms with Gasteiger partial charge in [-0.3, -0.25) is 24.3 Å². The van der Waals surface area contributed by atoms with Gasteiger partial charge in [-0.2, -0.15) is 0 Å². The maximum absolute atomic E-state index is 12.3. The van der Waals surface area contributed by atoms with Crippen molar-refractivity contribution in [1.82, 2.24) is 9.88 Å². The maximum atomic E-state index is 12.3. The Morgan fingerprint density at radius 2 is 1.91 bits per heavy atom. The molecule has 116 valence electrons. The molecule has 1 aliphatic heterocycles. The van der Waals surface area contributed by atoms with E-state index in [9.17, 15) is 24.3 Å². The fourth-order valence-electron chi connectivity index (χ4n) is 2.39. The second-order valence-corrected chi connectivity index (χ2v) is 5.80. The average molecular weight is 425 g/mol. The Morgan fingerprint density at radius 3 is 2.57 bits per heavy atom. The molecule has 0 radical (unpaired) electrons. The van der Waals surface area contributed by atoms with Crippen molar-refractivity contribution in [3.8, 4) is 5.69 Å². The highest BCUT2D eigenvalue weighted by atomic mass is 127. The zero-order valence-corrected chi connectivity index (χ0v) is 13.4. The Balaban J connectivity index is 2.36. The first-order valence-corrected chi connectivity index (χ1v) is 7.34. The zero-order chi connectivity index (χ0) is 16.9. The van der Waals surface area contributed by atoms with Gasteiger partial charge in [0.15, 0.2) is 0 Å². The number of carbonyl (C=O) groups excluding carboxylic acids is 2. The topological polar surface area (TPSA) is 131 Å². The van der Waals surface area contributed by atoms with E-state index in [2.05, 4.69) is 5.32 Å². The molecule has 0 fully saturated rings. The fraction of sp³-hybridized carbons (Fsp3) is 0. The molecule has 0 bridgehead atoms. The van der Waals surface area contributed by atoms with Crippen LogP contribution in [-0.2, 0) is 0 Å². The summed E-state index contributed by atoms with van der Waals surface area (Å²) in [5, 5.41) is 11.2. The van der Waals surface area contributed by atoms with Crippen molar-refractivity contribution in [3.05, 3.63) is 54.9 Å². The monoisotopic (exact) mass is 425 g/mol. The summed E-state index contributed by atoms with van der Waals surface area (Å²) in [5.41, 5.74) is 5.33. The Morgan fingerprint density at radius 1 is 1.22 bits per heavy atom. The van der Waals surface area contributed by atoms with Gasteiger partial charge in [0, 0.05) is 6.07 Å². The van der Waals surface area contributed by atoms with Crippen molar-refractivity contribution >= 4 is 46.2 Å². The SMILES string of the molecule is Nc1c2c(cc(=O)n1-c1cccc(C(=O)O)c1I)C(=O)NC2=O. The minimum absolute atomic E-state index is 0.00423. The second-order valence-electron chi connectivity index (χ2n) is 4.72. The molecule has 23 heavy (non-hydrogen) atoms. The van der Waals surface area contributed by atoms with Crippen molar-refractivity contribution in [2.24, 2.45) is 0 Å². The molecule has 4 N–H and O–H groups in total. The number of nitrogens with zero attached hydrogens (tertiary/aromatic N) is 1. The highest BCUT2D eigenvalue weighted by molar-refractivity contribution is 14.1. The number of halogens is 1. The zero-order valence-electron chi connectivity index (χ0n) is 11.3. The molecule has 9 heteroatoms. The number of benzene rings is 1. The van der Waals surface area contributed by atoms with Crippen LogP contribution in [0, 0.1) is 3.57 Å². The number of nitrogens with two attached hydrogens (primary N) is 1. The molecule has 0 unspecified atom stereocenters. The first-order valence-electron chi connectivity index (χ1n) is 6.26. The maximum Gasteiger partial charge on any atom is 0.336 e. The van der Waals surface area contributed by atoms with Crippen LogP contribution in [0.25, 0.3) is 5.69 Å². The van der Waals surface area contributed by atoms with E-state index in [1.807, 2.05) is 0 Å². The number of aromatic nitrogens is 1. The molecule has 1 aliphatic rings. The van der Waals surface area contributed by atoms with Gasteiger partial charge in [0.05, 0.1) is 25.9 Å². The number of anilines is 1. The number of hydrogen-bond acceptors (Lipinski definition) is 5. The van der Waals surface area contributed by atoms with Crippen molar-refractivity contribution in [2.45, 2.75) is 0 Å². The largest absolute Gasteiger partial charge is 0.478 e. The number of fused-ring (bicyclic) bond motifs is 1. The quantitative estimate of drug-likeness (QED) is 0.477. The van der Waals surface area contributed by atoms with Crippen molar-refractivity contribution in [3.63, 3.8) is 0 Å². The number of carboxylic acids is 1. The molecule has 0 aliphatic carbocycles. The lowest BCUT2D eigenvalue weighted by Crippen LogP contribution is -2.25. The summed E-state index contributed by atoms with van der Waals surface area (Å²) in [6, 6.07) is 5.37. The van der Waals surface area contributed by atoms with Crippen molar-refractivity contribution in [1.29, 1.82) is 0 Å². The number of imide groups is 1. The molecule has 0 saturated carbocycles. The Bertz CT molecular complexity index is 964. The van der Waals surface area contributed by atoms with E-state index in [0.717, 1.165) is 10.6 Å². The van der Waals surface area contributed by atoms with Crippen molar-refractivity contribution < 1.29 is 19.5 Å². The number of carboxylic acid groups (broad SMARTS) is 1. The van der Waals surface area contributed by atoms with Gasteiger partial charge in [-0.1, -0.05) is 6.07 Å². The van der Waals surface area contributed by atoms with Gasteiger partial charge in [0.25, 0.3) is 17.4 Å². The number of nitrogen functional groups attached to an aromatic ring is 1. The molecule has 0 spiro atoms. The van der Waals surface area contributed by atoms with Crippen LogP contribution < -0.4 is 16.6 Å². The molecule has 3 rings (SSSR count). The molecule has 1 aromatic heterocycles. The van der Waals surface area contributed by atoms with E-state index < -0.39 is 23.3 Å². The number of aromatic carboxylic acids is 1. The predicted octanol–water partition coefficient (Wildman–Crippen LogP) is 0.606. The van der Waals surface area contributed by atoms with Gasteiger partial charge in [-0.05, 0) is 34.7 Å². The molecule has 2 heterocycles. The molecular weight excluding hydrogens is 417 g/mol. The summed E-state index contributed by atoms with van der Waals surface area (Å²) < 4.78 is 1.31. The van der Waals surface area contributed by atoms with Crippen LogP contribution in [0.15, 0.2) is 29.1 Å². The molecule has 2 aromatic rings. The van der Waals surface area contributed by atoms with Crippen LogP contribution in [0.2, 0.25) is 0 Å². The molecule has 8 nitrogen and oxygen atoms in total. The lowest BCUT2D eigenvalue weighted by atomic mass is 10.1. The third-order valence-corrected chi connectivity index (χ3v) is 4.54. The van der Waals surface area contributed by atoms with Gasteiger partial charge >= 0.3 is 5.97 Å². The van der Waals surface area contributed by atoms with E-state index >= 15 is 0 Å². The molecule has 0 saturated heterocycles. The van der Waals surface area contributed by atoms with Gasteiger partial charge < -0.3 is 10.8 Å². The summed E-state index contributed by atoms with van der Waals surface area (Å²) in [4.78, 5) is 47.0. The number of rotatable bonds is 2. The summed E-state index contributed by atoms with van der Waals surface area (Å²) >= 11 is 1.79. The Hall–Kier alpha value is -2.69. The second kappa shape index (κ2) is 5.19. The van der Waals surface area contributed by atoms with Gasteiger partial charge in [0.2, 0.25) is 0 Å². The van der Waals surface area contributed by atoms with Gasteiger partial charge in [-0.15, -0.1) is 0 Å². The number of amides is 2. The van der Waals surface area contributed by atoms with Crippen LogP contribution in [0.3, 0.4) is 0 Å². The molecule has 2 amide bonds. The van der Waals surface area contributed by atoms with E-state index in [4.69, 9.17) is 5.73 Å². The lowest BCUT2D eigenvalue weighted by molar-refractivity contribution is 0.0694. The van der Waals surface area contributed by atoms with E-state index in [0.29, 0.717) is 0 Å². The molecule has 0 atom stereocenters. The normalized spacial score (nSPS) is 12.9. The van der Waals surface area contributed by atoms with E-state index in [1.54, 1.807) is 22.6 Å². The highest BCUT2D eigenvalue weighted by Crippen LogP contribution is 2.26. The van der Waals surface area contributed by atoms with Crippen LogP contribution >= 0.6 is 22.6 Å². The minimum Gasteiger partial charge on any atom is -0.478 e. The van der Waals surface area contributed by atoms with E-state index in [1.165, 1.54) is 18.2 Å². The number of carbonyl (C=O) groups is 3. The fourth-order valence-corrected chi connectivity index (χ4v) is 3.22. The third-order valence-electron chi connectivity index (χ3n) is 3.40. The number of pyridine rings is 1. The van der Waals surface area contributed by atoms with Crippen LogP contribution in [0.5, 0.6) is 0 Å². The van der Waals surface area contributed by atoms with Crippen LogP contribution in [0.1, 0.15) is 31.1 Å². The summed E-state index contributed by atoms with van der Waals surface area (Å²) in [7, 11) is 0. The molecular formula is C14H8IN3O5. The third kappa shape index (κ3) is 2.20. The first kappa shape index (κ1) is 15.2. The number of nitrogens with one attached hydrogen (secondary N) is 1. The summed E-state index contributed by atoms with van der Waals surface area (Å²) in [6.07, 6.45) is 0. The number of hydrogen-bond donors (Lipinski definition) is 3. The lowest BCUT2D eigenvalue weighted by Gasteiger charge is -2.14. The van der Waals surface area contributed by atoms with Crippen LogP contribution in [-0.4, -0.2) is 27.5 Å². The highest BCUT2D eigenvalue weighted by Gasteiger charge is 2.32. The van der Waals surface area contributed by atoms with Crippen LogP contribution in [0.4, 0.5) is 5.82 Å². The Kier molecular flexibility index (Phi) is 3.43. The van der Waals surface area contributed by atoms with E-state index in [-0.39, 0.29) is 31.8 Å². The minimum atomic E-state index is -1.16. The van der Waals surface area contributed by atoms with Gasteiger partial charge in [0.1, 0.15) is 5.82 Å². The standard InChI is InChI=1S/C14H8IN3O5/c15-10-5(14(22)23)2-1-3-7(10)18-8(19)4-6-9(11(18)16)13(21)17-12(6)20/h1-4H,16H2,(H,22,23)(H,17,20,21). The van der Waals surface area contributed by atoms with Crippen molar-refractivity contribution in [2.75, 3.05) is 5.73 Å². The van der Waals surface area contributed by atoms with Gasteiger partial charge in [-0.25, -0.2) is 4.79 Å². The summed E-state index contributed by atoms with van der Waals surface area (Å²) in [5.74, 6) is -2.75.